The number of anilines is 1. The van der Waals surface area contributed by atoms with Crippen molar-refractivity contribution in [1.29, 1.82) is 0 Å². The van der Waals surface area contributed by atoms with Crippen molar-refractivity contribution in [3.8, 4) is 0 Å². The first-order chi connectivity index (χ1) is 13.8. The molecule has 4 rings (SSSR count). The molecule has 1 amide bonds. The second-order valence-electron chi connectivity index (χ2n) is 9.56. The Hall–Kier alpha value is -1.79. The summed E-state index contributed by atoms with van der Waals surface area (Å²) in [6.45, 7) is 9.65. The topological polar surface area (TPSA) is 57.7 Å². The quantitative estimate of drug-likeness (QED) is 0.792. The van der Waals surface area contributed by atoms with Gasteiger partial charge >= 0.3 is 0 Å². The van der Waals surface area contributed by atoms with Crippen LogP contribution in [0.25, 0.3) is 0 Å². The van der Waals surface area contributed by atoms with Gasteiger partial charge in [-0.1, -0.05) is 32.4 Å². The molecular formula is C22H31ClN4O2. The minimum atomic E-state index is -0.323. The largest absolute Gasteiger partial charge is 0.352 e. The minimum Gasteiger partial charge on any atom is -0.352 e. The predicted molar refractivity (Wildman–Crippen MR) is 114 cm³/mol. The Morgan fingerprint density at radius 2 is 1.93 bits per heavy atom. The van der Waals surface area contributed by atoms with Crippen molar-refractivity contribution < 1.29 is 9.63 Å². The number of nitrogens with zero attached hydrogens (tertiary/aromatic N) is 3. The van der Waals surface area contributed by atoms with E-state index in [0.29, 0.717) is 35.1 Å². The monoisotopic (exact) mass is 418 g/mol. The molecular weight excluding hydrogens is 388 g/mol. The number of halogens is 1. The lowest BCUT2D eigenvalue weighted by molar-refractivity contribution is -0.130. The summed E-state index contributed by atoms with van der Waals surface area (Å²) in [5, 5.41) is 0.647. The van der Waals surface area contributed by atoms with Crippen LogP contribution in [-0.4, -0.2) is 47.6 Å². The highest BCUT2D eigenvalue weighted by molar-refractivity contribution is 6.32. The van der Waals surface area contributed by atoms with Gasteiger partial charge in [0.2, 0.25) is 0 Å². The second-order valence-corrected chi connectivity index (χ2v) is 9.96. The van der Waals surface area contributed by atoms with E-state index < -0.39 is 0 Å². The van der Waals surface area contributed by atoms with Crippen LogP contribution in [0, 0.1) is 11.3 Å². The van der Waals surface area contributed by atoms with Crippen molar-refractivity contribution in [2.75, 3.05) is 31.1 Å². The molecule has 6 nitrogen and oxygen atoms in total. The number of carbonyl (C=O) groups is 1. The number of hydrogen-bond donors (Lipinski definition) is 1. The smallest absolute Gasteiger partial charge is 0.272 e. The molecule has 2 fully saturated rings. The Bertz CT molecular complexity index is 788. The number of piperazine rings is 1. The fourth-order valence-electron chi connectivity index (χ4n) is 4.70. The van der Waals surface area contributed by atoms with Gasteiger partial charge in [0.05, 0.1) is 5.02 Å². The predicted octanol–water partition coefficient (Wildman–Crippen LogP) is 3.78. The number of nitrogens with one attached hydrogen (secondary N) is 1. The van der Waals surface area contributed by atoms with E-state index in [2.05, 4.69) is 36.1 Å². The number of rotatable bonds is 2. The molecule has 1 aromatic heterocycles. The van der Waals surface area contributed by atoms with Crippen molar-refractivity contribution in [2.45, 2.75) is 52.1 Å². The van der Waals surface area contributed by atoms with Gasteiger partial charge in [0.15, 0.2) is 0 Å². The summed E-state index contributed by atoms with van der Waals surface area (Å²) in [7, 11) is 0. The molecule has 0 atom stereocenters. The van der Waals surface area contributed by atoms with Crippen LogP contribution in [0.5, 0.6) is 0 Å². The number of pyridine rings is 1. The molecule has 0 aromatic carbocycles. The van der Waals surface area contributed by atoms with Gasteiger partial charge < -0.3 is 9.80 Å². The molecule has 2 aliphatic heterocycles. The van der Waals surface area contributed by atoms with Crippen molar-refractivity contribution in [3.05, 3.63) is 35.1 Å². The van der Waals surface area contributed by atoms with Gasteiger partial charge in [-0.2, -0.15) is 0 Å². The lowest BCUT2D eigenvalue weighted by Gasteiger charge is -2.40. The van der Waals surface area contributed by atoms with Gasteiger partial charge in [0, 0.05) is 32.4 Å². The summed E-state index contributed by atoms with van der Waals surface area (Å²) in [4.78, 5) is 27.4. The first-order valence-corrected chi connectivity index (χ1v) is 11.0. The molecule has 7 heteroatoms. The van der Waals surface area contributed by atoms with E-state index in [0.717, 1.165) is 44.6 Å². The molecule has 0 bridgehead atoms. The van der Waals surface area contributed by atoms with E-state index >= 15 is 0 Å². The Kier molecular flexibility index (Phi) is 5.51. The SMILES string of the molecule is CC(C)(C)C1CCC2(C=C(C(=O)N3CCN(c4ncccc4Cl)CC3)NO2)CC1. The maximum atomic E-state index is 13.0. The Morgan fingerprint density at radius 3 is 2.55 bits per heavy atom. The van der Waals surface area contributed by atoms with Crippen LogP contribution in [0.4, 0.5) is 5.82 Å². The molecule has 29 heavy (non-hydrogen) atoms. The van der Waals surface area contributed by atoms with E-state index in [4.69, 9.17) is 16.4 Å². The zero-order chi connectivity index (χ0) is 20.6. The number of hydrogen-bond acceptors (Lipinski definition) is 5. The molecule has 1 spiro atoms. The Morgan fingerprint density at radius 1 is 1.24 bits per heavy atom. The van der Waals surface area contributed by atoms with Gasteiger partial charge in [0.25, 0.3) is 5.91 Å². The van der Waals surface area contributed by atoms with Crippen molar-refractivity contribution in [2.24, 2.45) is 11.3 Å². The van der Waals surface area contributed by atoms with Crippen LogP contribution in [0.2, 0.25) is 5.02 Å². The Labute approximate surface area is 178 Å². The number of amides is 1. The van der Waals surface area contributed by atoms with Gasteiger partial charge in [-0.15, -0.1) is 0 Å². The average molecular weight is 419 g/mol. The zero-order valence-electron chi connectivity index (χ0n) is 17.6. The first kappa shape index (κ1) is 20.5. The summed E-state index contributed by atoms with van der Waals surface area (Å²) in [5.41, 5.74) is 3.53. The lowest BCUT2D eigenvalue weighted by Crippen LogP contribution is -2.50. The first-order valence-electron chi connectivity index (χ1n) is 10.6. The molecule has 1 saturated carbocycles. The molecule has 0 unspecified atom stereocenters. The molecule has 1 saturated heterocycles. The van der Waals surface area contributed by atoms with Crippen LogP contribution < -0.4 is 10.4 Å². The lowest BCUT2D eigenvalue weighted by atomic mass is 9.68. The molecule has 3 aliphatic rings. The minimum absolute atomic E-state index is 0.0200. The normalized spacial score (nSPS) is 27.7. The van der Waals surface area contributed by atoms with Crippen LogP contribution in [-0.2, 0) is 9.63 Å². The van der Waals surface area contributed by atoms with E-state index in [9.17, 15) is 4.79 Å². The highest BCUT2D eigenvalue weighted by Gasteiger charge is 2.43. The number of aromatic nitrogens is 1. The average Bonchev–Trinajstić information content (AvgIpc) is 3.11. The summed E-state index contributed by atoms with van der Waals surface area (Å²) < 4.78 is 0. The van der Waals surface area contributed by atoms with Crippen LogP contribution in [0.1, 0.15) is 46.5 Å². The molecule has 1 aromatic rings. The number of carbonyl (C=O) groups excluding carboxylic acids is 1. The van der Waals surface area contributed by atoms with Gasteiger partial charge in [-0.25, -0.2) is 4.98 Å². The third-order valence-corrected chi connectivity index (χ3v) is 6.96. The van der Waals surface area contributed by atoms with Crippen molar-refractivity contribution in [3.63, 3.8) is 0 Å². The molecule has 3 heterocycles. The van der Waals surface area contributed by atoms with E-state index in [-0.39, 0.29) is 11.5 Å². The molecule has 158 valence electrons. The van der Waals surface area contributed by atoms with Crippen molar-refractivity contribution >= 4 is 23.3 Å². The fraction of sp³-hybridized carbons (Fsp3) is 0.636. The van der Waals surface area contributed by atoms with Crippen LogP contribution >= 0.6 is 11.6 Å². The third kappa shape index (κ3) is 4.24. The summed E-state index contributed by atoms with van der Waals surface area (Å²) in [6.07, 6.45) is 7.97. The van der Waals surface area contributed by atoms with Crippen LogP contribution in [0.15, 0.2) is 30.1 Å². The van der Waals surface area contributed by atoms with E-state index in [1.807, 2.05) is 23.1 Å². The third-order valence-electron chi connectivity index (χ3n) is 6.66. The van der Waals surface area contributed by atoms with Gasteiger partial charge in [-0.05, 0) is 55.2 Å². The summed E-state index contributed by atoms with van der Waals surface area (Å²) in [6, 6.07) is 3.68. The van der Waals surface area contributed by atoms with Crippen molar-refractivity contribution in [1.82, 2.24) is 15.4 Å². The highest BCUT2D eigenvalue weighted by Crippen LogP contribution is 2.44. The standard InChI is InChI=1S/C22H31ClN4O2/c1-21(2,3)16-6-8-22(9-7-16)15-18(25-29-22)20(28)27-13-11-26(12-14-27)19-17(23)5-4-10-24-19/h4-5,10,15-16,25H,6-9,11-14H2,1-3H3. The Balaban J connectivity index is 1.35. The summed E-state index contributed by atoms with van der Waals surface area (Å²) in [5.74, 6) is 1.51. The maximum Gasteiger partial charge on any atom is 0.272 e. The van der Waals surface area contributed by atoms with Gasteiger partial charge in [-0.3, -0.25) is 15.1 Å². The molecule has 1 aliphatic carbocycles. The zero-order valence-corrected chi connectivity index (χ0v) is 18.3. The van der Waals surface area contributed by atoms with Gasteiger partial charge in [0.1, 0.15) is 17.1 Å². The van der Waals surface area contributed by atoms with Crippen LogP contribution in [0.3, 0.4) is 0 Å². The molecule has 0 radical (unpaired) electrons. The molecule has 1 N–H and O–H groups in total. The fourth-order valence-corrected chi connectivity index (χ4v) is 4.95. The summed E-state index contributed by atoms with van der Waals surface area (Å²) >= 11 is 6.26. The van der Waals surface area contributed by atoms with E-state index in [1.54, 1.807) is 6.20 Å². The van der Waals surface area contributed by atoms with E-state index in [1.165, 1.54) is 0 Å². The number of hydroxylamine groups is 1. The second kappa shape index (κ2) is 7.80. The highest BCUT2D eigenvalue weighted by atomic mass is 35.5. The maximum absolute atomic E-state index is 13.0.